The molecule has 16 heavy (non-hydrogen) atoms. The molecule has 1 aromatic carbocycles. The fraction of sp³-hybridized carbons (Fsp3) is 0.400. The molecule has 0 saturated carbocycles. The number of sulfonamides is 1. The predicted molar refractivity (Wildman–Crippen MR) is 69.3 cm³/mol. The minimum absolute atomic E-state index is 0.258. The maximum atomic E-state index is 12.0. The van der Waals surface area contributed by atoms with E-state index in [-0.39, 0.29) is 4.90 Å². The van der Waals surface area contributed by atoms with Gasteiger partial charge in [-0.25, -0.2) is 12.7 Å². The van der Waals surface area contributed by atoms with Gasteiger partial charge in [-0.3, -0.25) is 0 Å². The van der Waals surface area contributed by atoms with E-state index in [2.05, 4.69) is 15.9 Å². The summed E-state index contributed by atoms with van der Waals surface area (Å²) in [6, 6.07) is 3.46. The van der Waals surface area contributed by atoms with Crippen LogP contribution < -0.4 is 0 Å². The summed E-state index contributed by atoms with van der Waals surface area (Å²) >= 11 is 9.03. The van der Waals surface area contributed by atoms with Crippen molar-refractivity contribution in [3.05, 3.63) is 27.7 Å². The number of hydrogen-bond acceptors (Lipinski definition) is 2. The van der Waals surface area contributed by atoms with E-state index in [9.17, 15) is 8.42 Å². The molecule has 6 heteroatoms. The molecule has 0 aliphatic heterocycles. The van der Waals surface area contributed by atoms with Gasteiger partial charge >= 0.3 is 0 Å². The molecule has 0 radical (unpaired) electrons. The van der Waals surface area contributed by atoms with Crippen molar-refractivity contribution < 1.29 is 8.42 Å². The third-order valence-corrected chi connectivity index (χ3v) is 5.66. The van der Waals surface area contributed by atoms with Crippen LogP contribution in [-0.4, -0.2) is 26.8 Å². The van der Waals surface area contributed by atoms with E-state index >= 15 is 0 Å². The van der Waals surface area contributed by atoms with Crippen LogP contribution in [0.25, 0.3) is 0 Å². The van der Waals surface area contributed by atoms with Gasteiger partial charge in [0.2, 0.25) is 10.0 Å². The first-order valence-corrected chi connectivity index (χ1v) is 7.35. The molecular weight excluding hydrogens is 314 g/mol. The summed E-state index contributed by atoms with van der Waals surface area (Å²) < 4.78 is 25.8. The summed E-state index contributed by atoms with van der Waals surface area (Å²) in [6.07, 6.45) is 0. The van der Waals surface area contributed by atoms with Crippen LogP contribution in [0.1, 0.15) is 11.1 Å². The second-order valence-corrected chi connectivity index (χ2v) is 6.83. The number of benzene rings is 1. The van der Waals surface area contributed by atoms with E-state index < -0.39 is 10.0 Å². The number of halogens is 2. The molecule has 1 aromatic rings. The predicted octanol–water partition coefficient (Wildman–Crippen LogP) is 2.75. The maximum Gasteiger partial charge on any atom is 0.243 e. The van der Waals surface area contributed by atoms with Gasteiger partial charge in [0.15, 0.2) is 0 Å². The Morgan fingerprint density at radius 2 is 1.94 bits per heavy atom. The van der Waals surface area contributed by atoms with Gasteiger partial charge < -0.3 is 0 Å². The summed E-state index contributed by atoms with van der Waals surface area (Å²) in [5, 5.41) is 0. The van der Waals surface area contributed by atoms with Crippen LogP contribution in [0, 0.1) is 6.92 Å². The fourth-order valence-electron chi connectivity index (χ4n) is 1.27. The highest BCUT2D eigenvalue weighted by molar-refractivity contribution is 9.10. The topological polar surface area (TPSA) is 37.4 Å². The molecule has 0 aromatic heterocycles. The van der Waals surface area contributed by atoms with Crippen LogP contribution >= 0.6 is 27.5 Å². The van der Waals surface area contributed by atoms with Crippen molar-refractivity contribution in [2.45, 2.75) is 17.7 Å². The minimum Gasteiger partial charge on any atom is -0.207 e. The number of rotatable bonds is 3. The van der Waals surface area contributed by atoms with Gasteiger partial charge in [0.05, 0.1) is 4.90 Å². The van der Waals surface area contributed by atoms with Gasteiger partial charge in [-0.15, -0.1) is 11.6 Å². The number of alkyl halides is 1. The highest BCUT2D eigenvalue weighted by Gasteiger charge is 2.22. The van der Waals surface area contributed by atoms with Crippen molar-refractivity contribution in [3.8, 4) is 0 Å². The summed E-state index contributed by atoms with van der Waals surface area (Å²) in [6.45, 7) is 1.84. The zero-order valence-electron chi connectivity index (χ0n) is 9.29. The molecule has 0 N–H and O–H groups in total. The van der Waals surface area contributed by atoms with Crippen LogP contribution in [-0.2, 0) is 15.9 Å². The Morgan fingerprint density at radius 1 is 1.38 bits per heavy atom. The molecular formula is C10H13BrClNO2S. The minimum atomic E-state index is -3.43. The van der Waals surface area contributed by atoms with Gasteiger partial charge in [0, 0.05) is 24.4 Å². The van der Waals surface area contributed by atoms with Gasteiger partial charge in [0.25, 0.3) is 0 Å². The third-order valence-electron chi connectivity index (χ3n) is 2.19. The van der Waals surface area contributed by atoms with Gasteiger partial charge in [-0.2, -0.15) is 0 Å². The van der Waals surface area contributed by atoms with E-state index in [1.165, 1.54) is 18.4 Å². The van der Waals surface area contributed by atoms with E-state index in [4.69, 9.17) is 11.6 Å². The molecule has 0 bridgehead atoms. The molecule has 3 nitrogen and oxygen atoms in total. The lowest BCUT2D eigenvalue weighted by Gasteiger charge is -2.15. The number of aryl methyl sites for hydroxylation is 1. The zero-order chi connectivity index (χ0) is 12.5. The van der Waals surface area contributed by atoms with Crippen molar-refractivity contribution in [2.75, 3.05) is 14.1 Å². The van der Waals surface area contributed by atoms with E-state index in [0.717, 1.165) is 11.1 Å². The normalized spacial score (nSPS) is 12.1. The maximum absolute atomic E-state index is 12.0. The lowest BCUT2D eigenvalue weighted by atomic mass is 10.2. The Kier molecular flexibility index (Phi) is 4.40. The highest BCUT2D eigenvalue weighted by atomic mass is 79.9. The Balaban J connectivity index is 3.51. The SMILES string of the molecule is Cc1cc(CCl)cc(S(=O)(=O)N(C)C)c1Br. The van der Waals surface area contributed by atoms with Crippen LogP contribution in [0.4, 0.5) is 0 Å². The molecule has 0 saturated heterocycles. The summed E-state index contributed by atoms with van der Waals surface area (Å²) in [7, 11) is -0.426. The van der Waals surface area contributed by atoms with Crippen LogP contribution in [0.3, 0.4) is 0 Å². The van der Waals surface area contributed by atoms with Gasteiger partial charge in [-0.05, 0) is 40.0 Å². The lowest BCUT2D eigenvalue weighted by molar-refractivity contribution is 0.520. The molecule has 90 valence electrons. The van der Waals surface area contributed by atoms with Crippen molar-refractivity contribution in [1.82, 2.24) is 4.31 Å². The van der Waals surface area contributed by atoms with E-state index in [1.54, 1.807) is 6.07 Å². The Labute approximate surface area is 110 Å². The summed E-state index contributed by atoms with van der Waals surface area (Å²) in [4.78, 5) is 0.258. The average molecular weight is 327 g/mol. The molecule has 0 spiro atoms. The fourth-order valence-corrected chi connectivity index (χ4v) is 3.35. The molecule has 0 atom stereocenters. The molecule has 0 aliphatic carbocycles. The van der Waals surface area contributed by atoms with E-state index in [1.807, 2.05) is 13.0 Å². The van der Waals surface area contributed by atoms with Gasteiger partial charge in [-0.1, -0.05) is 6.07 Å². The molecule has 1 rings (SSSR count). The van der Waals surface area contributed by atoms with Crippen LogP contribution in [0.2, 0.25) is 0 Å². The molecule has 0 aliphatic rings. The molecule has 0 fully saturated rings. The second-order valence-electron chi connectivity index (χ2n) is 3.65. The summed E-state index contributed by atoms with van der Waals surface area (Å²) in [5.74, 6) is 0.296. The van der Waals surface area contributed by atoms with Crippen LogP contribution in [0.5, 0.6) is 0 Å². The molecule has 0 heterocycles. The Morgan fingerprint density at radius 3 is 2.38 bits per heavy atom. The van der Waals surface area contributed by atoms with Crippen molar-refractivity contribution in [1.29, 1.82) is 0 Å². The quantitative estimate of drug-likeness (QED) is 0.801. The zero-order valence-corrected chi connectivity index (χ0v) is 12.4. The summed E-state index contributed by atoms with van der Waals surface area (Å²) in [5.41, 5.74) is 1.65. The first-order valence-electron chi connectivity index (χ1n) is 4.58. The van der Waals surface area contributed by atoms with E-state index in [0.29, 0.717) is 10.4 Å². The molecule has 0 amide bonds. The average Bonchev–Trinajstić information content (AvgIpc) is 2.21. The van der Waals surface area contributed by atoms with Crippen molar-refractivity contribution >= 4 is 37.6 Å². The van der Waals surface area contributed by atoms with Crippen molar-refractivity contribution in [3.63, 3.8) is 0 Å². The number of hydrogen-bond donors (Lipinski definition) is 0. The lowest BCUT2D eigenvalue weighted by Crippen LogP contribution is -2.23. The first kappa shape index (κ1) is 14.0. The first-order chi connectivity index (χ1) is 7.30. The monoisotopic (exact) mass is 325 g/mol. The largest absolute Gasteiger partial charge is 0.243 e. The second kappa shape index (κ2) is 5.04. The Hall–Kier alpha value is -0.100. The third kappa shape index (κ3) is 2.59. The number of nitrogens with zero attached hydrogens (tertiary/aromatic N) is 1. The Bertz CT molecular complexity index is 500. The van der Waals surface area contributed by atoms with Gasteiger partial charge in [0.1, 0.15) is 0 Å². The van der Waals surface area contributed by atoms with Crippen molar-refractivity contribution in [2.24, 2.45) is 0 Å². The smallest absolute Gasteiger partial charge is 0.207 e. The standard InChI is InChI=1S/C10H13BrClNO2S/c1-7-4-8(6-12)5-9(10(7)11)16(14,15)13(2)3/h4-5H,6H2,1-3H3. The van der Waals surface area contributed by atoms with Crippen LogP contribution in [0.15, 0.2) is 21.5 Å². The highest BCUT2D eigenvalue weighted by Crippen LogP contribution is 2.29. The molecule has 0 unspecified atom stereocenters.